The van der Waals surface area contributed by atoms with Gasteiger partial charge in [0.2, 0.25) is 0 Å². The number of nitrogens with one attached hydrogen (secondary N) is 3. The van der Waals surface area contributed by atoms with Crippen molar-refractivity contribution in [2.75, 3.05) is 29.2 Å². The van der Waals surface area contributed by atoms with E-state index in [1.54, 1.807) is 24.3 Å². The third-order valence-electron chi connectivity index (χ3n) is 12.5. The van der Waals surface area contributed by atoms with Crippen molar-refractivity contribution in [1.29, 1.82) is 0 Å². The molecule has 12 heteroatoms. The molecule has 1 aliphatic heterocycles. The molecular formula is C69H70BrF4N3O3Si. The molecule has 9 rings (SSSR count). The van der Waals surface area contributed by atoms with Crippen LogP contribution in [0.15, 0.2) is 217 Å². The molecule has 8 aromatic carbocycles. The number of ether oxygens (including phenoxy) is 3. The van der Waals surface area contributed by atoms with Gasteiger partial charge in [0.05, 0.1) is 0 Å². The smallest absolute Gasteiger partial charge is 0.387 e. The average Bonchev–Trinajstić information content (AvgIpc) is 4.06. The molecule has 81 heavy (non-hydrogen) atoms. The van der Waals surface area contributed by atoms with Gasteiger partial charge in [-0.3, -0.25) is 0 Å². The Labute approximate surface area is 486 Å². The van der Waals surface area contributed by atoms with E-state index in [4.69, 9.17) is 11.2 Å². The van der Waals surface area contributed by atoms with Crippen LogP contribution in [0.3, 0.4) is 0 Å². The van der Waals surface area contributed by atoms with Gasteiger partial charge < -0.3 is 30.2 Å². The van der Waals surface area contributed by atoms with Gasteiger partial charge in [-0.05, 0) is 169 Å². The van der Waals surface area contributed by atoms with Crippen LogP contribution in [0.2, 0.25) is 16.6 Å². The van der Waals surface area contributed by atoms with Crippen molar-refractivity contribution in [2.45, 2.75) is 84.2 Å². The Hall–Kier alpha value is -8.18. The summed E-state index contributed by atoms with van der Waals surface area (Å²) in [6.45, 7) is 10.6. The van der Waals surface area contributed by atoms with Gasteiger partial charge >= 0.3 is 13.2 Å². The van der Waals surface area contributed by atoms with Crippen molar-refractivity contribution in [3.63, 3.8) is 0 Å². The summed E-state index contributed by atoms with van der Waals surface area (Å²) < 4.78 is 61.6. The van der Waals surface area contributed by atoms with E-state index in [0.717, 1.165) is 74.1 Å². The van der Waals surface area contributed by atoms with E-state index >= 15 is 0 Å². The predicted octanol–water partition coefficient (Wildman–Crippen LogP) is 19.7. The maximum atomic E-state index is 12.1. The summed E-state index contributed by atoms with van der Waals surface area (Å²) in [7, 11) is -1.68. The quantitative estimate of drug-likeness (QED) is 0.0607. The Kier molecular flexibility index (Phi) is 27.3. The second kappa shape index (κ2) is 34.7. The molecule has 8 aromatic rings. The van der Waals surface area contributed by atoms with Crippen LogP contribution in [0.25, 0.3) is 0 Å². The van der Waals surface area contributed by atoms with E-state index in [2.05, 4.69) is 149 Å². The first-order valence-electron chi connectivity index (χ1n) is 26.7. The molecule has 1 fully saturated rings. The number of para-hydroxylation sites is 3. The molecule has 418 valence electrons. The van der Waals surface area contributed by atoms with Gasteiger partial charge in [0.25, 0.3) is 0 Å². The zero-order valence-corrected chi connectivity index (χ0v) is 49.2. The lowest BCUT2D eigenvalue weighted by molar-refractivity contribution is -0.0505. The zero-order chi connectivity index (χ0) is 58.2. The third kappa shape index (κ3) is 23.6. The molecule has 1 aliphatic rings. The Balaban J connectivity index is 0.000000200. The van der Waals surface area contributed by atoms with Crippen LogP contribution in [0.5, 0.6) is 11.5 Å². The van der Waals surface area contributed by atoms with Gasteiger partial charge in [-0.25, -0.2) is 0 Å². The normalized spacial score (nSPS) is 11.2. The van der Waals surface area contributed by atoms with Gasteiger partial charge in [-0.15, -0.1) is 12.0 Å². The largest absolute Gasteiger partial charge is 0.435 e. The fourth-order valence-electron chi connectivity index (χ4n) is 8.70. The Morgan fingerprint density at radius 2 is 0.778 bits per heavy atom. The fraction of sp³-hybridized carbons (Fsp3) is 0.217. The van der Waals surface area contributed by atoms with E-state index in [1.807, 2.05) is 127 Å². The van der Waals surface area contributed by atoms with E-state index in [0.29, 0.717) is 16.6 Å². The molecule has 0 atom stereocenters. The second-order valence-electron chi connectivity index (χ2n) is 19.3. The van der Waals surface area contributed by atoms with E-state index in [-0.39, 0.29) is 11.5 Å². The topological polar surface area (TPSA) is 63.8 Å². The van der Waals surface area contributed by atoms with Gasteiger partial charge in [0.1, 0.15) is 19.6 Å². The molecule has 3 N–H and O–H groups in total. The standard InChI is InChI=1S/C23H31NSi.C21H15F2NO.C14H11N.C7H5BrF2O.C4H8O/c1-18(2)25(19(3)4,20(5)6)16-15-21-11-10-14-23(17-21)24-22-12-8-7-9-13-22;22-21(23)25-20-13-11-16(12-14-20)9-10-17-5-4-8-19(15-17)24-18-6-2-1-3-7-18;1-2-12-7-6-10-14(11-12)15-13-8-4-3-5-9-13;8-5-1-3-6(4-2-5)11-7(9)10;1-2-4-5-3-1/h7-14,17-20,24H,1-6H3;1-8,11-15,21,24H;1,3-11,15H;1-4,7H;1-4H2. The van der Waals surface area contributed by atoms with Crippen LogP contribution in [-0.4, -0.2) is 34.5 Å². The van der Waals surface area contributed by atoms with E-state index in [9.17, 15) is 17.6 Å². The second-order valence-corrected chi connectivity index (χ2v) is 25.8. The number of anilines is 6. The number of halogens is 5. The maximum absolute atomic E-state index is 12.1. The molecule has 6 nitrogen and oxygen atoms in total. The summed E-state index contributed by atoms with van der Waals surface area (Å²) in [6, 6.07) is 66.6. The summed E-state index contributed by atoms with van der Waals surface area (Å²) in [5, 5.41) is 10.0. The van der Waals surface area contributed by atoms with Gasteiger partial charge in [-0.2, -0.15) is 17.6 Å². The maximum Gasteiger partial charge on any atom is 0.387 e. The number of alkyl halides is 4. The lowest BCUT2D eigenvalue weighted by atomic mass is 10.1. The lowest BCUT2D eigenvalue weighted by Gasteiger charge is -2.38. The van der Waals surface area contributed by atoms with Gasteiger partial charge in [0.15, 0.2) is 0 Å². The van der Waals surface area contributed by atoms with Gasteiger partial charge in [-0.1, -0.05) is 154 Å². The molecule has 0 spiro atoms. The predicted molar refractivity (Wildman–Crippen MR) is 334 cm³/mol. The molecule has 0 amide bonds. The van der Waals surface area contributed by atoms with Crippen LogP contribution >= 0.6 is 15.9 Å². The first-order valence-corrected chi connectivity index (χ1v) is 29.8. The van der Waals surface area contributed by atoms with Crippen LogP contribution in [-0.2, 0) is 4.74 Å². The molecule has 1 saturated heterocycles. The zero-order valence-electron chi connectivity index (χ0n) is 46.6. The Bertz CT molecular complexity index is 3210. The molecule has 1 heterocycles. The van der Waals surface area contributed by atoms with Crippen molar-refractivity contribution < 1.29 is 31.8 Å². The first kappa shape index (κ1) is 63.6. The minimum atomic E-state index is -2.82. The van der Waals surface area contributed by atoms with Crippen LogP contribution in [0, 0.1) is 35.6 Å². The summed E-state index contributed by atoms with van der Waals surface area (Å²) in [5.41, 5.74) is 15.5. The highest BCUT2D eigenvalue weighted by Crippen LogP contribution is 2.41. The number of rotatable bonds is 13. The van der Waals surface area contributed by atoms with Gasteiger partial charge in [0, 0.05) is 74.1 Å². The molecule has 0 saturated carbocycles. The number of hydrogen-bond acceptors (Lipinski definition) is 6. The molecule has 0 bridgehead atoms. The van der Waals surface area contributed by atoms with Crippen molar-refractivity contribution >= 4 is 58.1 Å². The van der Waals surface area contributed by atoms with Crippen molar-refractivity contribution in [3.05, 3.63) is 239 Å². The minimum absolute atomic E-state index is 0.120. The van der Waals surface area contributed by atoms with E-state index in [1.165, 1.54) is 37.1 Å². The van der Waals surface area contributed by atoms with Crippen LogP contribution in [0.4, 0.5) is 51.7 Å². The third-order valence-corrected chi connectivity index (χ3v) is 19.3. The summed E-state index contributed by atoms with van der Waals surface area (Å²) in [5.74, 6) is 12.5. The monoisotopic (exact) mass is 1170 g/mol. The van der Waals surface area contributed by atoms with Crippen molar-refractivity contribution in [3.8, 4) is 47.1 Å². The fourth-order valence-corrected chi connectivity index (χ4v) is 14.2. The first-order chi connectivity index (χ1) is 39.1. The Morgan fingerprint density at radius 3 is 1.14 bits per heavy atom. The Morgan fingerprint density at radius 1 is 0.432 bits per heavy atom. The molecular weight excluding hydrogens is 1100 g/mol. The number of hydrogen-bond donors (Lipinski definition) is 3. The molecule has 0 aromatic heterocycles. The minimum Gasteiger partial charge on any atom is -0.435 e. The average molecular weight is 1170 g/mol. The summed E-state index contributed by atoms with van der Waals surface area (Å²) >= 11 is 3.17. The van der Waals surface area contributed by atoms with Crippen molar-refractivity contribution in [2.24, 2.45) is 0 Å². The summed E-state index contributed by atoms with van der Waals surface area (Å²) in [6.07, 6.45) is 7.89. The molecule has 0 aliphatic carbocycles. The SMILES string of the molecule is C#Cc1cccc(Nc2ccccc2)c1.C1CCOC1.CC(C)[Si](C#Cc1cccc(Nc2ccccc2)c1)(C(C)C)C(C)C.FC(F)Oc1ccc(Br)cc1.FC(F)Oc1ccc(C#Cc2cccc(Nc3ccccc3)c2)cc1. The highest BCUT2D eigenvalue weighted by Gasteiger charge is 2.41. The lowest BCUT2D eigenvalue weighted by Crippen LogP contribution is -2.43. The number of terminal acetylenes is 1. The van der Waals surface area contributed by atoms with Crippen molar-refractivity contribution in [1.82, 2.24) is 0 Å². The highest BCUT2D eigenvalue weighted by atomic mass is 79.9. The highest BCUT2D eigenvalue weighted by molar-refractivity contribution is 9.10. The molecule has 0 unspecified atom stereocenters. The summed E-state index contributed by atoms with van der Waals surface area (Å²) in [4.78, 5) is 0. The van der Waals surface area contributed by atoms with Crippen LogP contribution in [0.1, 0.15) is 76.6 Å². The van der Waals surface area contributed by atoms with Crippen LogP contribution < -0.4 is 25.4 Å². The number of benzene rings is 8. The van der Waals surface area contributed by atoms with E-state index < -0.39 is 21.3 Å². The molecule has 0 radical (unpaired) electrons.